The minimum atomic E-state index is -1.62. The second-order valence-electron chi connectivity index (χ2n) is 4.84. The second-order valence-corrected chi connectivity index (χ2v) is 4.84. The molecule has 1 N–H and O–H groups in total. The van der Waals surface area contributed by atoms with Crippen LogP contribution in [0.5, 0.6) is 0 Å². The Balaban J connectivity index is 0.00000288. The number of nitrogens with zero attached hydrogens (tertiary/aromatic N) is 3. The molecule has 0 radical (unpaired) electrons. The molecule has 0 amide bonds. The number of H-pyrrole nitrogens is 1. The van der Waals surface area contributed by atoms with Crippen LogP contribution in [0, 0.1) is 24.2 Å². The molecule has 2 rings (SSSR count). The zero-order valence-electron chi connectivity index (χ0n) is 13.4. The van der Waals surface area contributed by atoms with Crippen LogP contribution in [0.2, 0.25) is 0 Å². The number of carbonyl (C=O) groups is 2. The van der Waals surface area contributed by atoms with E-state index in [-0.39, 0.29) is 41.2 Å². The van der Waals surface area contributed by atoms with Crippen LogP contribution in [0.15, 0.2) is 24.3 Å². The van der Waals surface area contributed by atoms with Crippen LogP contribution < -0.4 is 34.7 Å². The van der Waals surface area contributed by atoms with Crippen molar-refractivity contribution in [3.05, 3.63) is 35.7 Å². The summed E-state index contributed by atoms with van der Waals surface area (Å²) in [5, 5.41) is 26.8. The molecule has 1 heterocycles. The third kappa shape index (κ3) is 4.20. The summed E-state index contributed by atoms with van der Waals surface area (Å²) in [7, 11) is 1.07. The Morgan fingerprint density at radius 3 is 2.46 bits per heavy atom. The first-order valence-corrected chi connectivity index (χ1v) is 6.65. The van der Waals surface area contributed by atoms with E-state index in [1.54, 1.807) is 18.2 Å². The summed E-state index contributed by atoms with van der Waals surface area (Å²) in [6.07, 6.45) is 0. The number of esters is 1. The smallest absolute Gasteiger partial charge is 0.549 e. The van der Waals surface area contributed by atoms with Crippen molar-refractivity contribution in [2.45, 2.75) is 12.8 Å². The van der Waals surface area contributed by atoms with E-state index in [1.165, 1.54) is 0 Å². The number of rotatable bonds is 5. The Labute approximate surface area is 160 Å². The standard InChI is InChI=1S/C15H14N4O4.Na/c1-8-3-5-9(6-4-8)12-17-13(19-18-12)11(14(20)21)10(7-16)15(22)23-2;/h3-6,10-11H,1-2H3,(H,20,21)(H,17,18,19);/q;+1/p-1. The molecule has 1 aromatic carbocycles. The van der Waals surface area contributed by atoms with E-state index >= 15 is 0 Å². The molecule has 0 aliphatic rings. The predicted molar refractivity (Wildman–Crippen MR) is 75.4 cm³/mol. The normalized spacial score (nSPS) is 12.4. The molecule has 2 aromatic rings. The summed E-state index contributed by atoms with van der Waals surface area (Å²) in [6.45, 7) is 1.92. The fourth-order valence-electron chi connectivity index (χ4n) is 2.04. The molecule has 0 bridgehead atoms. The average molecular weight is 336 g/mol. The first-order chi connectivity index (χ1) is 11.0. The molecular formula is C15H13N4NaO4. The van der Waals surface area contributed by atoms with Gasteiger partial charge in [-0.25, -0.2) is 4.98 Å². The van der Waals surface area contributed by atoms with Crippen molar-refractivity contribution in [3.63, 3.8) is 0 Å². The summed E-state index contributed by atoms with van der Waals surface area (Å²) < 4.78 is 4.45. The Morgan fingerprint density at radius 2 is 1.96 bits per heavy atom. The number of nitrogens with one attached hydrogen (secondary N) is 1. The van der Waals surface area contributed by atoms with Crippen molar-refractivity contribution in [1.82, 2.24) is 15.2 Å². The quantitative estimate of drug-likeness (QED) is 0.452. The number of nitriles is 1. The number of carboxylic acids is 1. The summed E-state index contributed by atoms with van der Waals surface area (Å²) >= 11 is 0. The maximum atomic E-state index is 11.6. The zero-order valence-corrected chi connectivity index (χ0v) is 15.4. The molecule has 0 saturated carbocycles. The van der Waals surface area contributed by atoms with Crippen LogP contribution in [0.4, 0.5) is 0 Å². The molecule has 0 spiro atoms. The maximum absolute atomic E-state index is 11.6. The molecule has 1 aromatic heterocycles. The number of carboxylic acid groups (broad SMARTS) is 1. The summed E-state index contributed by atoms with van der Waals surface area (Å²) in [5.41, 5.74) is 1.72. The first kappa shape index (κ1) is 19.8. The molecule has 9 heteroatoms. The molecule has 0 aliphatic heterocycles. The number of carbonyl (C=O) groups excluding carboxylic acids is 2. The molecule has 2 unspecified atom stereocenters. The van der Waals surface area contributed by atoms with Gasteiger partial charge in [-0.3, -0.25) is 9.89 Å². The van der Waals surface area contributed by atoms with Crippen molar-refractivity contribution >= 4 is 11.9 Å². The number of ether oxygens (including phenoxy) is 1. The van der Waals surface area contributed by atoms with E-state index in [0.29, 0.717) is 5.56 Å². The van der Waals surface area contributed by atoms with Gasteiger partial charge in [0, 0.05) is 5.56 Å². The minimum absolute atomic E-state index is 0. The van der Waals surface area contributed by atoms with Crippen LogP contribution in [0.3, 0.4) is 0 Å². The summed E-state index contributed by atoms with van der Waals surface area (Å²) in [6, 6.07) is 8.87. The van der Waals surface area contributed by atoms with Gasteiger partial charge in [-0.15, -0.1) is 0 Å². The molecular weight excluding hydrogens is 323 g/mol. The number of benzene rings is 1. The number of aryl methyl sites for hydroxylation is 1. The Hall–Kier alpha value is -2.21. The Morgan fingerprint density at radius 1 is 1.33 bits per heavy atom. The fourth-order valence-corrected chi connectivity index (χ4v) is 2.04. The predicted octanol–water partition coefficient (Wildman–Crippen LogP) is -3.07. The number of hydrogen-bond donors (Lipinski definition) is 1. The minimum Gasteiger partial charge on any atom is -0.549 e. The van der Waals surface area contributed by atoms with Crippen molar-refractivity contribution in [2.75, 3.05) is 7.11 Å². The molecule has 24 heavy (non-hydrogen) atoms. The van der Waals surface area contributed by atoms with Gasteiger partial charge in [0.15, 0.2) is 11.7 Å². The molecule has 0 saturated heterocycles. The van der Waals surface area contributed by atoms with Crippen molar-refractivity contribution in [2.24, 2.45) is 5.92 Å². The average Bonchev–Trinajstić information content (AvgIpc) is 3.01. The Bertz CT molecular complexity index is 767. The van der Waals surface area contributed by atoms with Crippen LogP contribution in [0.25, 0.3) is 11.4 Å². The molecule has 2 atom stereocenters. The van der Waals surface area contributed by atoms with Gasteiger partial charge < -0.3 is 14.6 Å². The topological polar surface area (TPSA) is 132 Å². The molecule has 0 aliphatic carbocycles. The van der Waals surface area contributed by atoms with Gasteiger partial charge in [0.05, 0.1) is 25.1 Å². The van der Waals surface area contributed by atoms with E-state index in [9.17, 15) is 14.7 Å². The monoisotopic (exact) mass is 336 g/mol. The van der Waals surface area contributed by atoms with E-state index in [0.717, 1.165) is 12.7 Å². The van der Waals surface area contributed by atoms with E-state index in [4.69, 9.17) is 5.26 Å². The number of aromatic nitrogens is 3. The van der Waals surface area contributed by atoms with Crippen molar-refractivity contribution < 1.29 is 49.0 Å². The number of hydrogen-bond acceptors (Lipinski definition) is 7. The van der Waals surface area contributed by atoms with Gasteiger partial charge in [0.25, 0.3) is 0 Å². The zero-order chi connectivity index (χ0) is 17.0. The number of methoxy groups -OCH3 is 1. The second kappa shape index (κ2) is 8.59. The van der Waals surface area contributed by atoms with Gasteiger partial charge in [0.2, 0.25) is 0 Å². The number of aliphatic carboxylic acids is 1. The third-order valence-electron chi connectivity index (χ3n) is 3.29. The van der Waals surface area contributed by atoms with Crippen LogP contribution in [-0.4, -0.2) is 34.2 Å². The maximum Gasteiger partial charge on any atom is 1.00 e. The molecule has 118 valence electrons. The van der Waals surface area contributed by atoms with Crippen LogP contribution >= 0.6 is 0 Å². The van der Waals surface area contributed by atoms with E-state index < -0.39 is 23.8 Å². The van der Waals surface area contributed by atoms with Gasteiger partial charge in [-0.2, -0.15) is 10.4 Å². The summed E-state index contributed by atoms with van der Waals surface area (Å²) in [5.74, 6) is -5.66. The third-order valence-corrected chi connectivity index (χ3v) is 3.29. The van der Waals surface area contributed by atoms with Gasteiger partial charge >= 0.3 is 35.5 Å². The molecule has 8 nitrogen and oxygen atoms in total. The van der Waals surface area contributed by atoms with Gasteiger partial charge in [-0.05, 0) is 6.92 Å². The van der Waals surface area contributed by atoms with E-state index in [1.807, 2.05) is 19.1 Å². The molecule has 0 fully saturated rings. The fraction of sp³-hybridized carbons (Fsp3) is 0.267. The van der Waals surface area contributed by atoms with Crippen LogP contribution in [-0.2, 0) is 14.3 Å². The largest absolute Gasteiger partial charge is 1.00 e. The Kier molecular flexibility index (Phi) is 7.10. The van der Waals surface area contributed by atoms with Crippen LogP contribution in [0.1, 0.15) is 17.3 Å². The summed E-state index contributed by atoms with van der Waals surface area (Å²) in [4.78, 5) is 27.0. The van der Waals surface area contributed by atoms with Gasteiger partial charge in [0.1, 0.15) is 5.82 Å². The SMILES string of the molecule is COC(=O)C(C#N)C(C(=O)[O-])c1nc(-c2ccc(C)cc2)n[nH]1.[Na+]. The van der Waals surface area contributed by atoms with E-state index in [2.05, 4.69) is 19.9 Å². The van der Waals surface area contributed by atoms with Crippen molar-refractivity contribution in [3.8, 4) is 17.5 Å². The van der Waals surface area contributed by atoms with Gasteiger partial charge in [-0.1, -0.05) is 29.8 Å². The number of aromatic amines is 1. The van der Waals surface area contributed by atoms with Crippen molar-refractivity contribution in [1.29, 1.82) is 5.26 Å². The first-order valence-electron chi connectivity index (χ1n) is 6.65.